The number of hydrogen-bond donors (Lipinski definition) is 1. The van der Waals surface area contributed by atoms with Gasteiger partial charge < -0.3 is 5.11 Å². The fourth-order valence-electron chi connectivity index (χ4n) is 2.10. The first-order valence-electron chi connectivity index (χ1n) is 6.65. The van der Waals surface area contributed by atoms with Gasteiger partial charge in [0.25, 0.3) is 5.91 Å². The Bertz CT molecular complexity index is 662. The van der Waals surface area contributed by atoms with Crippen LogP contribution in [0.5, 0.6) is 0 Å². The second kappa shape index (κ2) is 6.22. The lowest BCUT2D eigenvalue weighted by atomic mass is 10.1. The van der Waals surface area contributed by atoms with E-state index >= 15 is 0 Å². The Kier molecular flexibility index (Phi) is 4.38. The van der Waals surface area contributed by atoms with Crippen LogP contribution >= 0.6 is 0 Å². The molecule has 0 bridgehead atoms. The molecule has 1 amide bonds. The highest BCUT2D eigenvalue weighted by atomic mass is 16.4. The summed E-state index contributed by atoms with van der Waals surface area (Å²) in [6.45, 7) is 3.41. The Morgan fingerprint density at radius 2 is 1.62 bits per heavy atom. The number of aliphatic carboxylic acids is 1. The quantitative estimate of drug-likeness (QED) is 0.938. The summed E-state index contributed by atoms with van der Waals surface area (Å²) in [7, 11) is 0. The molecule has 0 atom stereocenters. The van der Waals surface area contributed by atoms with E-state index in [1.807, 2.05) is 38.1 Å². The van der Waals surface area contributed by atoms with E-state index in [4.69, 9.17) is 5.11 Å². The van der Waals surface area contributed by atoms with Gasteiger partial charge in [-0.3, -0.25) is 14.5 Å². The molecule has 108 valence electrons. The predicted molar refractivity (Wildman–Crippen MR) is 81.7 cm³/mol. The maximum Gasteiger partial charge on any atom is 0.323 e. The molecule has 0 heterocycles. The number of amides is 1. The van der Waals surface area contributed by atoms with Gasteiger partial charge in [-0.1, -0.05) is 35.9 Å². The molecule has 0 fully saturated rings. The van der Waals surface area contributed by atoms with E-state index in [0.717, 1.165) is 11.1 Å². The van der Waals surface area contributed by atoms with Gasteiger partial charge in [-0.2, -0.15) is 0 Å². The van der Waals surface area contributed by atoms with Crippen LogP contribution in [0.1, 0.15) is 21.5 Å². The number of carboxylic acids is 1. The average Bonchev–Trinajstić information content (AvgIpc) is 2.45. The van der Waals surface area contributed by atoms with Crippen molar-refractivity contribution < 1.29 is 14.7 Å². The number of anilines is 1. The fraction of sp³-hybridized carbons (Fsp3) is 0.176. The zero-order valence-corrected chi connectivity index (χ0v) is 12.0. The summed E-state index contributed by atoms with van der Waals surface area (Å²) in [5.41, 5.74) is 2.97. The van der Waals surface area contributed by atoms with Crippen molar-refractivity contribution in [2.75, 3.05) is 11.4 Å². The number of benzene rings is 2. The predicted octanol–water partition coefficient (Wildman–Crippen LogP) is 3.03. The smallest absolute Gasteiger partial charge is 0.323 e. The minimum Gasteiger partial charge on any atom is -0.480 e. The van der Waals surface area contributed by atoms with Gasteiger partial charge in [0.2, 0.25) is 0 Å². The number of aryl methyl sites for hydroxylation is 2. The molecule has 0 radical (unpaired) electrons. The maximum absolute atomic E-state index is 12.6. The van der Waals surface area contributed by atoms with Crippen LogP contribution in [0.15, 0.2) is 48.5 Å². The molecule has 4 heteroatoms. The molecular formula is C17H17NO3. The molecule has 0 aliphatic rings. The number of rotatable bonds is 4. The molecule has 0 saturated heterocycles. The molecular weight excluding hydrogens is 266 g/mol. The summed E-state index contributed by atoms with van der Waals surface area (Å²) >= 11 is 0. The highest BCUT2D eigenvalue weighted by Gasteiger charge is 2.21. The third-order valence-corrected chi connectivity index (χ3v) is 3.26. The largest absolute Gasteiger partial charge is 0.480 e. The zero-order valence-electron chi connectivity index (χ0n) is 12.0. The topological polar surface area (TPSA) is 57.6 Å². The van der Waals surface area contributed by atoms with Crippen LogP contribution in [0.25, 0.3) is 0 Å². The maximum atomic E-state index is 12.6. The Hall–Kier alpha value is -2.62. The summed E-state index contributed by atoms with van der Waals surface area (Å²) in [6, 6.07) is 14.4. The van der Waals surface area contributed by atoms with Gasteiger partial charge in [0.05, 0.1) is 0 Å². The number of carboxylic acid groups (broad SMARTS) is 1. The average molecular weight is 283 g/mol. The number of carbonyl (C=O) groups excluding carboxylic acids is 1. The monoisotopic (exact) mass is 283 g/mol. The van der Waals surface area contributed by atoms with Gasteiger partial charge in [0.15, 0.2) is 0 Å². The highest BCUT2D eigenvalue weighted by molar-refractivity contribution is 6.09. The molecule has 2 aromatic rings. The minimum absolute atomic E-state index is 0.306. The van der Waals surface area contributed by atoms with Gasteiger partial charge in [-0.25, -0.2) is 0 Å². The van der Waals surface area contributed by atoms with E-state index in [2.05, 4.69) is 0 Å². The van der Waals surface area contributed by atoms with Crippen LogP contribution in [0.3, 0.4) is 0 Å². The molecule has 2 rings (SSSR count). The second-order valence-corrected chi connectivity index (χ2v) is 4.94. The van der Waals surface area contributed by atoms with Crippen molar-refractivity contribution in [3.8, 4) is 0 Å². The normalized spacial score (nSPS) is 10.2. The van der Waals surface area contributed by atoms with Gasteiger partial charge in [-0.15, -0.1) is 0 Å². The molecule has 21 heavy (non-hydrogen) atoms. The van der Waals surface area contributed by atoms with Crippen molar-refractivity contribution in [1.29, 1.82) is 0 Å². The van der Waals surface area contributed by atoms with E-state index < -0.39 is 5.97 Å². The fourth-order valence-corrected chi connectivity index (χ4v) is 2.10. The van der Waals surface area contributed by atoms with E-state index in [-0.39, 0.29) is 12.5 Å². The van der Waals surface area contributed by atoms with Gasteiger partial charge in [-0.05, 0) is 37.6 Å². The van der Waals surface area contributed by atoms with Crippen molar-refractivity contribution in [1.82, 2.24) is 0 Å². The standard InChI is InChI=1S/C17H17NO3/c1-12-7-9-14(10-8-12)18(11-16(19)20)17(21)15-6-4-3-5-13(15)2/h3-10H,11H2,1-2H3,(H,19,20). The lowest BCUT2D eigenvalue weighted by molar-refractivity contribution is -0.135. The van der Waals surface area contributed by atoms with Crippen molar-refractivity contribution >= 4 is 17.6 Å². The Morgan fingerprint density at radius 1 is 1.00 bits per heavy atom. The Labute approximate surface area is 123 Å². The van der Waals surface area contributed by atoms with Crippen LogP contribution in [-0.2, 0) is 4.79 Å². The Morgan fingerprint density at radius 3 is 2.19 bits per heavy atom. The summed E-state index contributed by atoms with van der Waals surface area (Å²) in [5, 5.41) is 9.07. The van der Waals surface area contributed by atoms with E-state index in [9.17, 15) is 9.59 Å². The van der Waals surface area contributed by atoms with Crippen LogP contribution < -0.4 is 4.90 Å². The van der Waals surface area contributed by atoms with Crippen molar-refractivity contribution in [3.05, 3.63) is 65.2 Å². The number of hydrogen-bond acceptors (Lipinski definition) is 2. The first-order chi connectivity index (χ1) is 9.99. The van der Waals surface area contributed by atoms with Crippen molar-refractivity contribution in [2.24, 2.45) is 0 Å². The number of nitrogens with zero attached hydrogens (tertiary/aromatic N) is 1. The lowest BCUT2D eigenvalue weighted by Gasteiger charge is -2.22. The molecule has 0 unspecified atom stereocenters. The van der Waals surface area contributed by atoms with E-state index in [0.29, 0.717) is 11.3 Å². The molecule has 0 aromatic heterocycles. The molecule has 1 N–H and O–H groups in total. The second-order valence-electron chi connectivity index (χ2n) is 4.94. The van der Waals surface area contributed by atoms with Gasteiger partial charge in [0.1, 0.15) is 6.54 Å². The minimum atomic E-state index is -1.04. The van der Waals surface area contributed by atoms with E-state index in [1.165, 1.54) is 4.90 Å². The molecule has 4 nitrogen and oxygen atoms in total. The van der Waals surface area contributed by atoms with Crippen molar-refractivity contribution in [3.63, 3.8) is 0 Å². The summed E-state index contributed by atoms with van der Waals surface area (Å²) < 4.78 is 0. The molecule has 0 aliphatic heterocycles. The van der Waals surface area contributed by atoms with Gasteiger partial charge >= 0.3 is 5.97 Å². The van der Waals surface area contributed by atoms with Crippen molar-refractivity contribution in [2.45, 2.75) is 13.8 Å². The third kappa shape index (κ3) is 3.48. The van der Waals surface area contributed by atoms with Crippen LogP contribution in [-0.4, -0.2) is 23.5 Å². The number of carbonyl (C=O) groups is 2. The van der Waals surface area contributed by atoms with Crippen LogP contribution in [0, 0.1) is 13.8 Å². The molecule has 2 aromatic carbocycles. The summed E-state index contributed by atoms with van der Waals surface area (Å²) in [6.07, 6.45) is 0. The van der Waals surface area contributed by atoms with Crippen LogP contribution in [0.2, 0.25) is 0 Å². The first-order valence-corrected chi connectivity index (χ1v) is 6.65. The highest BCUT2D eigenvalue weighted by Crippen LogP contribution is 2.19. The van der Waals surface area contributed by atoms with Gasteiger partial charge in [0, 0.05) is 11.3 Å². The summed E-state index contributed by atoms with van der Waals surface area (Å²) in [4.78, 5) is 25.0. The summed E-state index contributed by atoms with van der Waals surface area (Å²) in [5.74, 6) is -1.35. The Balaban J connectivity index is 2.40. The van der Waals surface area contributed by atoms with E-state index in [1.54, 1.807) is 24.3 Å². The molecule has 0 spiro atoms. The molecule has 0 saturated carbocycles. The first kappa shape index (κ1) is 14.8. The lowest BCUT2D eigenvalue weighted by Crippen LogP contribution is -2.36. The molecule has 0 aliphatic carbocycles. The third-order valence-electron chi connectivity index (χ3n) is 3.26. The van der Waals surface area contributed by atoms with Crippen LogP contribution in [0.4, 0.5) is 5.69 Å². The zero-order chi connectivity index (χ0) is 15.4. The SMILES string of the molecule is Cc1ccc(N(CC(=O)O)C(=O)c2ccccc2C)cc1.